The van der Waals surface area contributed by atoms with E-state index in [4.69, 9.17) is 9.47 Å². The Balaban J connectivity index is 1.58. The molecule has 1 aromatic carbocycles. The summed E-state index contributed by atoms with van der Waals surface area (Å²) in [6, 6.07) is 6.28. The summed E-state index contributed by atoms with van der Waals surface area (Å²) in [5.74, 6) is -2.78. The van der Waals surface area contributed by atoms with Gasteiger partial charge in [-0.05, 0) is 49.1 Å². The number of hydrogen-bond acceptors (Lipinski definition) is 6. The van der Waals surface area contributed by atoms with Crippen molar-refractivity contribution in [2.24, 2.45) is 11.8 Å². The summed E-state index contributed by atoms with van der Waals surface area (Å²) in [6.07, 6.45) is 4.33. The van der Waals surface area contributed by atoms with Crippen LogP contribution in [0.25, 0.3) is 0 Å². The van der Waals surface area contributed by atoms with Crippen LogP contribution in [-0.4, -0.2) is 70.8 Å². The molecule has 0 aromatic heterocycles. The maximum absolute atomic E-state index is 13.8. The fourth-order valence-corrected chi connectivity index (χ4v) is 5.45. The van der Waals surface area contributed by atoms with Crippen LogP contribution in [0.5, 0.6) is 0 Å². The number of carbonyl (C=O) groups is 4. The fourth-order valence-electron chi connectivity index (χ4n) is 5.45. The van der Waals surface area contributed by atoms with Gasteiger partial charge in [-0.15, -0.1) is 6.58 Å². The van der Waals surface area contributed by atoms with Gasteiger partial charge >= 0.3 is 12.1 Å². The number of carboxylic acids is 1. The first-order valence-electron chi connectivity index (χ1n) is 13.8. The number of hydrogen-bond donors (Lipinski definition) is 3. The average molecular weight is 542 g/mol. The van der Waals surface area contributed by atoms with Gasteiger partial charge in [0.05, 0.1) is 19.3 Å². The van der Waals surface area contributed by atoms with Gasteiger partial charge in [0.15, 0.2) is 0 Å². The van der Waals surface area contributed by atoms with Gasteiger partial charge in [0.2, 0.25) is 11.8 Å². The van der Waals surface area contributed by atoms with Gasteiger partial charge in [-0.2, -0.15) is 0 Å². The Bertz CT molecular complexity index is 1110. The summed E-state index contributed by atoms with van der Waals surface area (Å²) >= 11 is 0. The molecule has 0 unspecified atom stereocenters. The molecule has 3 aliphatic rings. The van der Waals surface area contributed by atoms with Gasteiger partial charge in [0, 0.05) is 18.9 Å². The summed E-state index contributed by atoms with van der Waals surface area (Å²) in [4.78, 5) is 53.2. The van der Waals surface area contributed by atoms with E-state index in [-0.39, 0.29) is 37.8 Å². The summed E-state index contributed by atoms with van der Waals surface area (Å²) < 4.78 is 11.5. The number of carbonyl (C=O) groups excluding carboxylic acids is 3. The second-order valence-corrected chi connectivity index (χ2v) is 11.1. The number of amides is 3. The second-order valence-electron chi connectivity index (χ2n) is 11.1. The largest absolute Gasteiger partial charge is 0.479 e. The molecule has 1 saturated heterocycles. The summed E-state index contributed by atoms with van der Waals surface area (Å²) in [5, 5.41) is 15.1. The predicted octanol–water partition coefficient (Wildman–Crippen LogP) is 2.80. The molecule has 0 spiro atoms. The maximum atomic E-state index is 13.8. The SMILES string of the molecule is C=C[C@H]1C[C@@]1(NC(=O)[C@@H]1C[C@@H]2CN1C(=O)[C@H](C(C)C)NC(=O)OCCCCCc1cccc(c1)CO2)C(=O)O. The summed E-state index contributed by atoms with van der Waals surface area (Å²) in [7, 11) is 0. The van der Waals surface area contributed by atoms with Gasteiger partial charge in [-0.1, -0.05) is 44.2 Å². The van der Waals surface area contributed by atoms with Crippen molar-refractivity contribution in [3.8, 4) is 0 Å². The topological polar surface area (TPSA) is 134 Å². The van der Waals surface area contributed by atoms with Crippen LogP contribution in [-0.2, 0) is 36.9 Å². The Morgan fingerprint density at radius 3 is 2.69 bits per heavy atom. The first-order valence-corrected chi connectivity index (χ1v) is 13.8. The quantitative estimate of drug-likeness (QED) is 0.488. The molecule has 5 atom stereocenters. The third kappa shape index (κ3) is 6.61. The highest BCUT2D eigenvalue weighted by Gasteiger charge is 2.61. The van der Waals surface area contributed by atoms with Crippen LogP contribution in [0.1, 0.15) is 57.1 Å². The van der Waals surface area contributed by atoms with E-state index in [0.29, 0.717) is 13.0 Å². The molecule has 39 heavy (non-hydrogen) atoms. The van der Waals surface area contributed by atoms with Gasteiger partial charge in [0.1, 0.15) is 17.6 Å². The third-order valence-electron chi connectivity index (χ3n) is 7.90. The zero-order valence-electron chi connectivity index (χ0n) is 22.7. The lowest BCUT2D eigenvalue weighted by atomic mass is 10.0. The highest BCUT2D eigenvalue weighted by Crippen LogP contribution is 2.45. The molecule has 2 aliphatic heterocycles. The maximum Gasteiger partial charge on any atom is 0.407 e. The highest BCUT2D eigenvalue weighted by atomic mass is 16.5. The number of rotatable bonds is 5. The monoisotopic (exact) mass is 541 g/mol. The molecule has 2 fully saturated rings. The molecule has 4 bridgehead atoms. The molecule has 10 nitrogen and oxygen atoms in total. The molecular formula is C29H39N3O7. The Morgan fingerprint density at radius 1 is 1.23 bits per heavy atom. The van der Waals surface area contributed by atoms with Crippen LogP contribution < -0.4 is 10.6 Å². The third-order valence-corrected chi connectivity index (χ3v) is 7.90. The van der Waals surface area contributed by atoms with Crippen LogP contribution in [0.15, 0.2) is 36.9 Å². The minimum atomic E-state index is -1.42. The molecule has 1 aliphatic carbocycles. The molecule has 1 saturated carbocycles. The molecule has 4 rings (SSSR count). The van der Waals surface area contributed by atoms with Crippen LogP contribution in [0.3, 0.4) is 0 Å². The standard InChI is InChI=1S/C29H39N3O7/c1-4-21-15-29(21,27(35)36)31-25(33)23-14-22-16-32(23)26(34)24(18(2)3)30-28(37)38-12-7-5-6-9-19-10-8-11-20(13-19)17-39-22/h4,8,10-11,13,18,21-24H,1,5-7,9,12,14-17H2,2-3H3,(H,30,37)(H,31,33)(H,35,36)/t21-,22+,23-,24-,29-/m0/s1. The van der Waals surface area contributed by atoms with E-state index in [2.05, 4.69) is 29.3 Å². The number of aryl methyl sites for hydroxylation is 1. The number of alkyl carbamates (subject to hydrolysis) is 1. The second kappa shape index (κ2) is 12.2. The van der Waals surface area contributed by atoms with Crippen molar-refractivity contribution in [3.63, 3.8) is 0 Å². The Hall–Kier alpha value is -3.40. The van der Waals surface area contributed by atoms with Crippen molar-refractivity contribution < 1.29 is 33.8 Å². The lowest BCUT2D eigenvalue weighted by Crippen LogP contribution is -2.57. The number of benzene rings is 1. The smallest absolute Gasteiger partial charge is 0.407 e. The summed E-state index contributed by atoms with van der Waals surface area (Å²) in [6.45, 7) is 7.99. The van der Waals surface area contributed by atoms with Crippen LogP contribution in [0.2, 0.25) is 0 Å². The minimum Gasteiger partial charge on any atom is -0.479 e. The first kappa shape index (κ1) is 28.6. The lowest BCUT2D eigenvalue weighted by molar-refractivity contribution is -0.145. The van der Waals surface area contributed by atoms with Crippen LogP contribution >= 0.6 is 0 Å². The van der Waals surface area contributed by atoms with Gasteiger partial charge in [-0.25, -0.2) is 9.59 Å². The zero-order chi connectivity index (χ0) is 28.2. The molecule has 1 aromatic rings. The number of ether oxygens (including phenoxy) is 2. The van der Waals surface area contributed by atoms with Crippen molar-refractivity contribution in [1.82, 2.24) is 15.5 Å². The Morgan fingerprint density at radius 2 is 2.00 bits per heavy atom. The number of cyclic esters (lactones) is 1. The van der Waals surface area contributed by atoms with E-state index in [9.17, 15) is 24.3 Å². The van der Waals surface area contributed by atoms with E-state index < -0.39 is 47.6 Å². The first-order chi connectivity index (χ1) is 18.6. The van der Waals surface area contributed by atoms with Gasteiger partial charge < -0.3 is 30.1 Å². The molecule has 10 heteroatoms. The van der Waals surface area contributed by atoms with Crippen molar-refractivity contribution in [2.45, 2.75) is 82.7 Å². The normalized spacial score (nSPS) is 30.0. The number of aliphatic carboxylic acids is 1. The van der Waals surface area contributed by atoms with E-state index in [1.807, 2.05) is 12.1 Å². The van der Waals surface area contributed by atoms with Crippen LogP contribution in [0, 0.1) is 11.8 Å². The fraction of sp³-hybridized carbons (Fsp3) is 0.586. The molecule has 2 heterocycles. The van der Waals surface area contributed by atoms with Crippen molar-refractivity contribution in [3.05, 3.63) is 48.0 Å². The molecule has 3 amide bonds. The zero-order valence-corrected chi connectivity index (χ0v) is 22.7. The van der Waals surface area contributed by atoms with Gasteiger partial charge in [0.25, 0.3) is 0 Å². The van der Waals surface area contributed by atoms with E-state index >= 15 is 0 Å². The van der Waals surface area contributed by atoms with Crippen molar-refractivity contribution in [2.75, 3.05) is 13.2 Å². The van der Waals surface area contributed by atoms with E-state index in [0.717, 1.165) is 24.8 Å². The lowest BCUT2D eigenvalue weighted by Gasteiger charge is -2.30. The van der Waals surface area contributed by atoms with Crippen LogP contribution in [0.4, 0.5) is 4.79 Å². The highest BCUT2D eigenvalue weighted by molar-refractivity contribution is 5.96. The van der Waals surface area contributed by atoms with E-state index in [1.54, 1.807) is 13.8 Å². The van der Waals surface area contributed by atoms with Gasteiger partial charge in [-0.3, -0.25) is 9.59 Å². The molecular weight excluding hydrogens is 502 g/mol. The van der Waals surface area contributed by atoms with Crippen molar-refractivity contribution in [1.29, 1.82) is 0 Å². The predicted molar refractivity (Wildman–Crippen MR) is 143 cm³/mol. The molecule has 3 N–H and O–H groups in total. The van der Waals surface area contributed by atoms with Crippen molar-refractivity contribution >= 4 is 23.9 Å². The molecule has 212 valence electrons. The Labute approximate surface area is 229 Å². The average Bonchev–Trinajstić information content (AvgIpc) is 3.45. The number of nitrogens with one attached hydrogen (secondary N) is 2. The number of nitrogens with zero attached hydrogens (tertiary/aromatic N) is 1. The Kier molecular flexibility index (Phi) is 8.94. The summed E-state index contributed by atoms with van der Waals surface area (Å²) in [5.41, 5.74) is 0.779. The number of fused-ring (bicyclic) bond motifs is 4. The minimum absolute atomic E-state index is 0.140. The number of carboxylic acid groups (broad SMARTS) is 1. The van der Waals surface area contributed by atoms with E-state index in [1.165, 1.54) is 16.5 Å². The molecule has 0 radical (unpaired) electrons.